The van der Waals surface area contributed by atoms with Crippen LogP contribution in [0.15, 0.2) is 24.3 Å². The van der Waals surface area contributed by atoms with Crippen molar-refractivity contribution >= 4 is 5.91 Å². The van der Waals surface area contributed by atoms with Crippen molar-refractivity contribution in [3.8, 4) is 5.75 Å². The van der Waals surface area contributed by atoms with Gasteiger partial charge < -0.3 is 15.8 Å². The molecule has 1 aliphatic rings. The predicted molar refractivity (Wildman–Crippen MR) is 84.4 cm³/mol. The molecule has 3 N–H and O–H groups in total. The molecule has 1 fully saturated rings. The van der Waals surface area contributed by atoms with Gasteiger partial charge in [0, 0.05) is 5.92 Å². The number of amides is 1. The molecule has 1 aromatic rings. The standard InChI is InChI=1S/C17H23F3N2O2/c1-11(22-16(23)13-6-4-5-12(13)9-21)10-24-15-8-3-2-7-14(15)17(18,19)20/h2-3,7-8,11-13H,4-6,9-10,21H2,1H3,(H,22,23)/t11?,12-,13-/m1/s1. The smallest absolute Gasteiger partial charge is 0.419 e. The van der Waals surface area contributed by atoms with Gasteiger partial charge in [-0.25, -0.2) is 0 Å². The molecule has 1 saturated carbocycles. The quantitative estimate of drug-likeness (QED) is 0.834. The van der Waals surface area contributed by atoms with Crippen LogP contribution in [0.1, 0.15) is 31.7 Å². The highest BCUT2D eigenvalue weighted by atomic mass is 19.4. The molecule has 0 saturated heterocycles. The molecule has 134 valence electrons. The van der Waals surface area contributed by atoms with Gasteiger partial charge in [0.1, 0.15) is 12.4 Å². The molecule has 24 heavy (non-hydrogen) atoms. The Morgan fingerprint density at radius 3 is 2.75 bits per heavy atom. The molecule has 0 aromatic heterocycles. The minimum Gasteiger partial charge on any atom is -0.491 e. The topological polar surface area (TPSA) is 64.3 Å². The van der Waals surface area contributed by atoms with E-state index in [1.54, 1.807) is 6.92 Å². The van der Waals surface area contributed by atoms with Crippen molar-refractivity contribution in [2.45, 2.75) is 38.4 Å². The van der Waals surface area contributed by atoms with Crippen LogP contribution in [-0.2, 0) is 11.0 Å². The van der Waals surface area contributed by atoms with Gasteiger partial charge in [0.15, 0.2) is 0 Å². The summed E-state index contributed by atoms with van der Waals surface area (Å²) in [6.45, 7) is 2.15. The Balaban J connectivity index is 1.90. The number of hydrogen-bond acceptors (Lipinski definition) is 3. The fourth-order valence-corrected chi connectivity index (χ4v) is 3.10. The number of hydrogen-bond donors (Lipinski definition) is 2. The van der Waals surface area contributed by atoms with Crippen molar-refractivity contribution in [1.82, 2.24) is 5.32 Å². The van der Waals surface area contributed by atoms with E-state index < -0.39 is 17.8 Å². The molecule has 2 rings (SSSR count). The molecule has 1 amide bonds. The molecule has 4 nitrogen and oxygen atoms in total. The van der Waals surface area contributed by atoms with E-state index in [4.69, 9.17) is 10.5 Å². The van der Waals surface area contributed by atoms with Crippen molar-refractivity contribution in [3.63, 3.8) is 0 Å². The van der Waals surface area contributed by atoms with E-state index in [2.05, 4.69) is 5.32 Å². The molecule has 0 radical (unpaired) electrons. The molecule has 1 aliphatic carbocycles. The number of carbonyl (C=O) groups is 1. The molecule has 3 atom stereocenters. The monoisotopic (exact) mass is 344 g/mol. The van der Waals surface area contributed by atoms with E-state index in [0.717, 1.165) is 25.3 Å². The molecule has 0 aliphatic heterocycles. The fraction of sp³-hybridized carbons (Fsp3) is 0.588. The van der Waals surface area contributed by atoms with Crippen molar-refractivity contribution < 1.29 is 22.7 Å². The summed E-state index contributed by atoms with van der Waals surface area (Å²) in [5, 5.41) is 2.81. The lowest BCUT2D eigenvalue weighted by Gasteiger charge is -2.22. The number of rotatable bonds is 6. The van der Waals surface area contributed by atoms with Gasteiger partial charge in [-0.15, -0.1) is 0 Å². The van der Waals surface area contributed by atoms with Crippen LogP contribution >= 0.6 is 0 Å². The van der Waals surface area contributed by atoms with Crippen molar-refractivity contribution in [3.05, 3.63) is 29.8 Å². The van der Waals surface area contributed by atoms with Crippen LogP contribution in [0, 0.1) is 11.8 Å². The highest BCUT2D eigenvalue weighted by Crippen LogP contribution is 2.36. The first kappa shape index (κ1) is 18.6. The van der Waals surface area contributed by atoms with Gasteiger partial charge in [0.25, 0.3) is 0 Å². The third-order valence-electron chi connectivity index (χ3n) is 4.37. The third-order valence-corrected chi connectivity index (χ3v) is 4.37. The van der Waals surface area contributed by atoms with Gasteiger partial charge >= 0.3 is 6.18 Å². The first-order valence-corrected chi connectivity index (χ1v) is 8.12. The van der Waals surface area contributed by atoms with E-state index in [-0.39, 0.29) is 30.1 Å². The number of nitrogens with two attached hydrogens (primary N) is 1. The lowest BCUT2D eigenvalue weighted by atomic mass is 9.95. The molecule has 0 bridgehead atoms. The van der Waals surface area contributed by atoms with E-state index >= 15 is 0 Å². The lowest BCUT2D eigenvalue weighted by Crippen LogP contribution is -2.42. The summed E-state index contributed by atoms with van der Waals surface area (Å²) in [6, 6.07) is 4.66. The summed E-state index contributed by atoms with van der Waals surface area (Å²) in [6.07, 6.45) is -1.75. The molecular weight excluding hydrogens is 321 g/mol. The zero-order chi connectivity index (χ0) is 17.7. The zero-order valence-electron chi connectivity index (χ0n) is 13.6. The summed E-state index contributed by atoms with van der Waals surface area (Å²) in [7, 11) is 0. The molecular formula is C17H23F3N2O2. The first-order chi connectivity index (χ1) is 11.3. The maximum atomic E-state index is 12.9. The Labute approximate surface area is 139 Å². The molecule has 1 aromatic carbocycles. The number of benzene rings is 1. The Hall–Kier alpha value is -1.76. The molecule has 0 spiro atoms. The van der Waals surface area contributed by atoms with Crippen LogP contribution in [-0.4, -0.2) is 25.1 Å². The number of carbonyl (C=O) groups excluding carboxylic acids is 1. The van der Waals surface area contributed by atoms with E-state index in [1.165, 1.54) is 18.2 Å². The van der Waals surface area contributed by atoms with Gasteiger partial charge in [0.05, 0.1) is 11.6 Å². The SMILES string of the molecule is CC(COc1ccccc1C(F)(F)F)NC(=O)[C@@H]1CCC[C@@H]1CN. The second kappa shape index (κ2) is 7.88. The minimum atomic E-state index is -4.47. The third kappa shape index (κ3) is 4.63. The Kier molecular flexibility index (Phi) is 6.10. The van der Waals surface area contributed by atoms with Crippen LogP contribution in [0.5, 0.6) is 5.75 Å². The average molecular weight is 344 g/mol. The molecule has 7 heteroatoms. The van der Waals surface area contributed by atoms with Crippen LogP contribution < -0.4 is 15.8 Å². The van der Waals surface area contributed by atoms with Crippen molar-refractivity contribution in [2.75, 3.05) is 13.2 Å². The van der Waals surface area contributed by atoms with Crippen molar-refractivity contribution in [2.24, 2.45) is 17.6 Å². The number of halogens is 3. The highest BCUT2D eigenvalue weighted by molar-refractivity contribution is 5.79. The minimum absolute atomic E-state index is 0.0289. The Morgan fingerprint density at radius 1 is 1.38 bits per heavy atom. The molecule has 0 heterocycles. The largest absolute Gasteiger partial charge is 0.491 e. The normalized spacial score (nSPS) is 22.2. The predicted octanol–water partition coefficient (Wildman–Crippen LogP) is 2.96. The zero-order valence-corrected chi connectivity index (χ0v) is 13.6. The van der Waals surface area contributed by atoms with E-state index in [1.807, 2.05) is 0 Å². The number of ether oxygens (including phenoxy) is 1. The summed E-state index contributed by atoms with van der Waals surface area (Å²) < 4.78 is 44.0. The van der Waals surface area contributed by atoms with Gasteiger partial charge in [-0.3, -0.25) is 4.79 Å². The van der Waals surface area contributed by atoms with Crippen LogP contribution in [0.3, 0.4) is 0 Å². The average Bonchev–Trinajstić information content (AvgIpc) is 3.01. The fourth-order valence-electron chi connectivity index (χ4n) is 3.10. The van der Waals surface area contributed by atoms with Crippen LogP contribution in [0.2, 0.25) is 0 Å². The van der Waals surface area contributed by atoms with Gasteiger partial charge in [-0.1, -0.05) is 18.6 Å². The van der Waals surface area contributed by atoms with Crippen molar-refractivity contribution in [1.29, 1.82) is 0 Å². The number of para-hydroxylation sites is 1. The summed E-state index contributed by atoms with van der Waals surface area (Å²) in [5.74, 6) is -0.251. The maximum absolute atomic E-state index is 12.9. The van der Waals surface area contributed by atoms with Gasteiger partial charge in [0.2, 0.25) is 5.91 Å². The Bertz CT molecular complexity index is 563. The summed E-state index contributed by atoms with van der Waals surface area (Å²) in [4.78, 5) is 12.3. The van der Waals surface area contributed by atoms with Crippen LogP contribution in [0.25, 0.3) is 0 Å². The van der Waals surface area contributed by atoms with E-state index in [0.29, 0.717) is 6.54 Å². The number of alkyl halides is 3. The Morgan fingerprint density at radius 2 is 2.08 bits per heavy atom. The second-order valence-electron chi connectivity index (χ2n) is 6.25. The van der Waals surface area contributed by atoms with Crippen LogP contribution in [0.4, 0.5) is 13.2 Å². The summed E-state index contributed by atoms with van der Waals surface area (Å²) in [5.41, 5.74) is 4.86. The first-order valence-electron chi connectivity index (χ1n) is 8.12. The molecule has 1 unspecified atom stereocenters. The number of nitrogens with one attached hydrogen (secondary N) is 1. The van der Waals surface area contributed by atoms with E-state index in [9.17, 15) is 18.0 Å². The van der Waals surface area contributed by atoms with Gasteiger partial charge in [-0.05, 0) is 44.4 Å². The lowest BCUT2D eigenvalue weighted by molar-refractivity contribution is -0.139. The highest BCUT2D eigenvalue weighted by Gasteiger charge is 2.34. The maximum Gasteiger partial charge on any atom is 0.419 e. The van der Waals surface area contributed by atoms with Gasteiger partial charge in [-0.2, -0.15) is 13.2 Å². The summed E-state index contributed by atoms with van der Waals surface area (Å²) >= 11 is 0. The second-order valence-corrected chi connectivity index (χ2v) is 6.25.